The van der Waals surface area contributed by atoms with Gasteiger partial charge in [0.1, 0.15) is 0 Å². The average Bonchev–Trinajstić information content (AvgIpc) is 2.29. The number of hydrogen-bond donors (Lipinski definition) is 1. The molecule has 1 fully saturated rings. The van der Waals surface area contributed by atoms with Gasteiger partial charge in [-0.1, -0.05) is 26.7 Å². The first-order valence-corrected chi connectivity index (χ1v) is 7.26. The van der Waals surface area contributed by atoms with Gasteiger partial charge in [0, 0.05) is 13.1 Å². The summed E-state index contributed by atoms with van der Waals surface area (Å²) in [4.78, 5) is 2.67. The Balaban J connectivity index is 2.29. The van der Waals surface area contributed by atoms with Crippen LogP contribution in [-0.4, -0.2) is 30.3 Å². The van der Waals surface area contributed by atoms with Crippen LogP contribution in [0, 0.1) is 11.8 Å². The van der Waals surface area contributed by atoms with Crippen molar-refractivity contribution in [3.8, 4) is 0 Å². The van der Waals surface area contributed by atoms with Crippen LogP contribution in [-0.2, 0) is 0 Å². The summed E-state index contributed by atoms with van der Waals surface area (Å²) in [5.74, 6) is 2.83. The average molecular weight is 229 g/mol. The molecule has 1 heterocycles. The topological polar surface area (TPSA) is 3.24 Å². The molecule has 2 unspecified atom stereocenters. The van der Waals surface area contributed by atoms with Crippen molar-refractivity contribution in [3.63, 3.8) is 0 Å². The molecule has 1 saturated heterocycles. The van der Waals surface area contributed by atoms with Gasteiger partial charge >= 0.3 is 0 Å². The van der Waals surface area contributed by atoms with Crippen LogP contribution in [0.25, 0.3) is 0 Å². The van der Waals surface area contributed by atoms with Gasteiger partial charge in [-0.15, -0.1) is 0 Å². The highest BCUT2D eigenvalue weighted by Crippen LogP contribution is 2.21. The second-order valence-corrected chi connectivity index (χ2v) is 5.38. The van der Waals surface area contributed by atoms with Crippen molar-refractivity contribution in [2.24, 2.45) is 11.8 Å². The number of hydrogen-bond acceptors (Lipinski definition) is 2. The lowest BCUT2D eigenvalue weighted by atomic mass is 9.94. The van der Waals surface area contributed by atoms with Gasteiger partial charge in [-0.25, -0.2) is 0 Å². The molecule has 1 nitrogen and oxygen atoms in total. The summed E-state index contributed by atoms with van der Waals surface area (Å²) in [7, 11) is 0. The molecule has 0 aliphatic carbocycles. The third-order valence-electron chi connectivity index (χ3n) is 3.65. The minimum atomic E-state index is 0.814. The lowest BCUT2D eigenvalue weighted by Crippen LogP contribution is -2.38. The number of likely N-dealkylation sites (tertiary alicyclic amines) is 1. The summed E-state index contributed by atoms with van der Waals surface area (Å²) in [6.07, 6.45) is 6.86. The molecule has 0 N–H and O–H groups in total. The van der Waals surface area contributed by atoms with Crippen molar-refractivity contribution in [3.05, 3.63) is 0 Å². The maximum absolute atomic E-state index is 4.47. The van der Waals surface area contributed by atoms with Crippen LogP contribution < -0.4 is 0 Å². The Bertz CT molecular complexity index is 161. The van der Waals surface area contributed by atoms with Crippen molar-refractivity contribution in [1.29, 1.82) is 0 Å². The second kappa shape index (κ2) is 7.56. The van der Waals surface area contributed by atoms with Crippen LogP contribution in [0.5, 0.6) is 0 Å². The molecule has 0 amide bonds. The fraction of sp³-hybridized carbons (Fsp3) is 1.00. The summed E-state index contributed by atoms with van der Waals surface area (Å²) >= 11 is 4.47. The van der Waals surface area contributed by atoms with Gasteiger partial charge in [-0.05, 0) is 43.4 Å². The number of nitrogens with zero attached hydrogens (tertiary/aromatic N) is 1. The third-order valence-corrected chi connectivity index (χ3v) is 4.17. The fourth-order valence-electron chi connectivity index (χ4n) is 2.66. The Morgan fingerprint density at radius 2 is 2.20 bits per heavy atom. The minimum Gasteiger partial charge on any atom is -0.303 e. The molecule has 1 rings (SSSR count). The molecular formula is C13H27NS. The van der Waals surface area contributed by atoms with E-state index in [1.165, 1.54) is 51.7 Å². The highest BCUT2D eigenvalue weighted by molar-refractivity contribution is 7.80. The van der Waals surface area contributed by atoms with Crippen LogP contribution in [0.3, 0.4) is 0 Å². The summed E-state index contributed by atoms with van der Waals surface area (Å²) in [6.45, 7) is 8.56. The van der Waals surface area contributed by atoms with E-state index in [2.05, 4.69) is 31.4 Å². The van der Waals surface area contributed by atoms with Crippen molar-refractivity contribution >= 4 is 12.6 Å². The van der Waals surface area contributed by atoms with E-state index >= 15 is 0 Å². The van der Waals surface area contributed by atoms with Gasteiger partial charge in [0.25, 0.3) is 0 Å². The molecule has 1 aliphatic rings. The molecule has 0 aromatic heterocycles. The van der Waals surface area contributed by atoms with E-state index in [1.54, 1.807) is 0 Å². The monoisotopic (exact) mass is 229 g/mol. The predicted molar refractivity (Wildman–Crippen MR) is 71.7 cm³/mol. The Morgan fingerprint density at radius 1 is 1.40 bits per heavy atom. The Hall–Kier alpha value is 0.310. The summed E-state index contributed by atoms with van der Waals surface area (Å²) < 4.78 is 0. The zero-order chi connectivity index (χ0) is 11.1. The van der Waals surface area contributed by atoms with Gasteiger partial charge < -0.3 is 4.90 Å². The van der Waals surface area contributed by atoms with Crippen molar-refractivity contribution < 1.29 is 0 Å². The van der Waals surface area contributed by atoms with E-state index in [1.807, 2.05) is 0 Å². The molecule has 2 atom stereocenters. The van der Waals surface area contributed by atoms with E-state index in [-0.39, 0.29) is 0 Å². The van der Waals surface area contributed by atoms with Gasteiger partial charge in [0.05, 0.1) is 0 Å². The van der Waals surface area contributed by atoms with Gasteiger partial charge in [0.15, 0.2) is 0 Å². The molecule has 90 valence electrons. The van der Waals surface area contributed by atoms with Crippen LogP contribution >= 0.6 is 12.6 Å². The molecule has 0 radical (unpaired) electrons. The Labute approximate surface area is 101 Å². The molecule has 15 heavy (non-hydrogen) atoms. The van der Waals surface area contributed by atoms with Crippen LogP contribution in [0.1, 0.15) is 46.0 Å². The van der Waals surface area contributed by atoms with Gasteiger partial charge in [-0.2, -0.15) is 12.6 Å². The van der Waals surface area contributed by atoms with Crippen LogP contribution in [0.4, 0.5) is 0 Å². The zero-order valence-electron chi connectivity index (χ0n) is 10.4. The third kappa shape index (κ3) is 4.78. The van der Waals surface area contributed by atoms with E-state index in [4.69, 9.17) is 0 Å². The molecule has 0 aromatic carbocycles. The summed E-state index contributed by atoms with van der Waals surface area (Å²) in [6, 6.07) is 0. The summed E-state index contributed by atoms with van der Waals surface area (Å²) in [5.41, 5.74) is 0. The molecule has 2 heteroatoms. The van der Waals surface area contributed by atoms with Crippen molar-refractivity contribution in [2.75, 3.05) is 25.4 Å². The molecule has 0 bridgehead atoms. The van der Waals surface area contributed by atoms with E-state index in [9.17, 15) is 0 Å². The first-order chi connectivity index (χ1) is 7.30. The maximum Gasteiger partial charge on any atom is 0.00176 e. The Kier molecular flexibility index (Phi) is 6.74. The smallest absolute Gasteiger partial charge is 0.00176 e. The molecule has 0 aromatic rings. The van der Waals surface area contributed by atoms with Crippen molar-refractivity contribution in [2.45, 2.75) is 46.0 Å². The number of rotatable bonds is 6. The van der Waals surface area contributed by atoms with Crippen LogP contribution in [0.15, 0.2) is 0 Å². The molecule has 0 saturated carbocycles. The Morgan fingerprint density at radius 3 is 2.80 bits per heavy atom. The molecule has 1 aliphatic heterocycles. The van der Waals surface area contributed by atoms with E-state index in [0.29, 0.717) is 0 Å². The fourth-order valence-corrected chi connectivity index (χ4v) is 2.96. The highest BCUT2D eigenvalue weighted by Gasteiger charge is 2.20. The largest absolute Gasteiger partial charge is 0.303 e. The lowest BCUT2D eigenvalue weighted by Gasteiger charge is -2.34. The summed E-state index contributed by atoms with van der Waals surface area (Å²) in [5, 5.41) is 0. The highest BCUT2D eigenvalue weighted by atomic mass is 32.1. The van der Waals surface area contributed by atoms with Crippen LogP contribution in [0.2, 0.25) is 0 Å². The molecular weight excluding hydrogens is 202 g/mol. The quantitative estimate of drug-likeness (QED) is 0.683. The van der Waals surface area contributed by atoms with Gasteiger partial charge in [-0.3, -0.25) is 0 Å². The normalized spacial score (nSPS) is 25.4. The van der Waals surface area contributed by atoms with Gasteiger partial charge in [0.2, 0.25) is 0 Å². The number of thiol groups is 1. The zero-order valence-corrected chi connectivity index (χ0v) is 11.3. The maximum atomic E-state index is 4.47. The lowest BCUT2D eigenvalue weighted by molar-refractivity contribution is 0.151. The predicted octanol–water partition coefficient (Wildman–Crippen LogP) is 3.45. The standard InChI is InChI=1S/C13H27NS/c1-3-6-13(11-15)10-14-8-5-7-12(4-2)9-14/h12-13,15H,3-11H2,1-2H3. The van der Waals surface area contributed by atoms with E-state index in [0.717, 1.165) is 17.6 Å². The minimum absolute atomic E-state index is 0.814. The number of piperidine rings is 1. The second-order valence-electron chi connectivity index (χ2n) is 5.01. The van der Waals surface area contributed by atoms with E-state index < -0.39 is 0 Å². The van der Waals surface area contributed by atoms with Crippen molar-refractivity contribution in [1.82, 2.24) is 4.90 Å². The molecule has 0 spiro atoms. The first kappa shape index (κ1) is 13.4. The SMILES string of the molecule is CCCC(CS)CN1CCCC(CC)C1. The first-order valence-electron chi connectivity index (χ1n) is 6.63.